The van der Waals surface area contributed by atoms with Crippen molar-refractivity contribution in [3.8, 4) is 5.75 Å². The molecule has 14 heteroatoms. The van der Waals surface area contributed by atoms with Crippen LogP contribution < -0.4 is 4.74 Å². The van der Waals surface area contributed by atoms with Gasteiger partial charge in [-0.15, -0.1) is 5.10 Å². The van der Waals surface area contributed by atoms with Crippen LogP contribution in [-0.2, 0) is 17.6 Å². The average molecular weight is 560 g/mol. The number of benzene rings is 2. The topological polar surface area (TPSA) is 93.3 Å². The maximum Gasteiger partial charge on any atom is 0.420 e. The minimum Gasteiger partial charge on any atom is -0.490 e. The number of aromatic nitrogens is 4. The molecule has 0 radical (unpaired) electrons. The van der Waals surface area contributed by atoms with E-state index >= 15 is 8.78 Å². The first-order valence-corrected chi connectivity index (χ1v) is 11.8. The van der Waals surface area contributed by atoms with Crippen molar-refractivity contribution >= 4 is 0 Å². The molecule has 2 atom stereocenters. The highest BCUT2D eigenvalue weighted by Gasteiger charge is 2.82. The van der Waals surface area contributed by atoms with Crippen molar-refractivity contribution in [2.75, 3.05) is 6.61 Å². The second-order valence-corrected chi connectivity index (χ2v) is 10.7. The molecule has 3 fully saturated rings. The van der Waals surface area contributed by atoms with Gasteiger partial charge < -0.3 is 14.9 Å². The van der Waals surface area contributed by atoms with Gasteiger partial charge in [-0.3, -0.25) is 0 Å². The molecule has 3 aliphatic carbocycles. The Bertz CT molecular complexity index is 1340. The Balaban J connectivity index is 1.35. The lowest BCUT2D eigenvalue weighted by Gasteiger charge is -2.74. The van der Waals surface area contributed by atoms with Gasteiger partial charge in [0.25, 0.3) is 5.92 Å². The van der Waals surface area contributed by atoms with Crippen molar-refractivity contribution in [1.29, 1.82) is 0 Å². The average Bonchev–Trinajstić information content (AvgIpc) is 3.28. The molecule has 2 bridgehead atoms. The fourth-order valence-electron chi connectivity index (χ4n) is 5.74. The van der Waals surface area contributed by atoms with E-state index in [1.165, 1.54) is 12.1 Å². The zero-order valence-corrected chi connectivity index (χ0v) is 20.4. The van der Waals surface area contributed by atoms with Crippen molar-refractivity contribution < 1.29 is 45.7 Å². The minimum atomic E-state index is -4.89. The van der Waals surface area contributed by atoms with E-state index in [2.05, 4.69) is 15.5 Å². The number of halogens is 7. The Kier molecular flexibility index (Phi) is 6.04. The molecule has 0 amide bonds. The van der Waals surface area contributed by atoms with Crippen molar-refractivity contribution in [3.63, 3.8) is 0 Å². The number of hydrogen-bond donors (Lipinski definition) is 2. The molecule has 6 rings (SSSR count). The maximum absolute atomic E-state index is 16.2. The normalized spacial score (nSPS) is 25.7. The quantitative estimate of drug-likeness (QED) is 0.380. The summed E-state index contributed by atoms with van der Waals surface area (Å²) in [4.78, 5) is 0. The highest BCUT2D eigenvalue weighted by atomic mass is 19.4. The molecule has 39 heavy (non-hydrogen) atoms. The molecular weight excluding hydrogens is 537 g/mol. The van der Waals surface area contributed by atoms with Crippen molar-refractivity contribution in [3.05, 3.63) is 71.6 Å². The zero-order valence-electron chi connectivity index (χ0n) is 20.4. The van der Waals surface area contributed by atoms with Gasteiger partial charge in [-0.2, -0.15) is 13.2 Å². The van der Waals surface area contributed by atoms with E-state index in [1.54, 1.807) is 12.1 Å². The Hall–Kier alpha value is -3.26. The highest BCUT2D eigenvalue weighted by molar-refractivity contribution is 5.44. The summed E-state index contributed by atoms with van der Waals surface area (Å²) < 4.78 is 105. The predicted molar refractivity (Wildman–Crippen MR) is 120 cm³/mol. The van der Waals surface area contributed by atoms with E-state index in [9.17, 15) is 32.2 Å². The third kappa shape index (κ3) is 4.15. The standard InChI is InChI=1S/C25H23F7N4O3/c1-20(37,25(30,31)32)13-39-17-5-2-15(3-6-17)21-9-22(10-21,11-21)24(28,29)23(38,12-36-14-33-34-35-36)18-7-4-16(26)8-19(18)27/h2-8,14,37-38H,9-13H2,1H3/t20-,21?,22?,23+/m1/s1. The van der Waals surface area contributed by atoms with Gasteiger partial charge >= 0.3 is 6.18 Å². The molecule has 1 heterocycles. The van der Waals surface area contributed by atoms with Gasteiger partial charge in [0, 0.05) is 17.0 Å². The zero-order chi connectivity index (χ0) is 28.5. The van der Waals surface area contributed by atoms with Crippen LogP contribution in [0.25, 0.3) is 0 Å². The number of ether oxygens (including phenoxy) is 1. The van der Waals surface area contributed by atoms with Gasteiger partial charge in [0.05, 0.1) is 6.54 Å². The van der Waals surface area contributed by atoms with Crippen LogP contribution >= 0.6 is 0 Å². The third-order valence-electron chi connectivity index (χ3n) is 7.97. The summed E-state index contributed by atoms with van der Waals surface area (Å²) >= 11 is 0. The second-order valence-electron chi connectivity index (χ2n) is 10.7. The van der Waals surface area contributed by atoms with Crippen LogP contribution in [0.3, 0.4) is 0 Å². The van der Waals surface area contributed by atoms with Crippen LogP contribution in [0.4, 0.5) is 30.7 Å². The first-order valence-electron chi connectivity index (χ1n) is 11.8. The second kappa shape index (κ2) is 8.62. The number of rotatable bonds is 9. The van der Waals surface area contributed by atoms with E-state index in [4.69, 9.17) is 4.74 Å². The molecule has 210 valence electrons. The number of aliphatic hydroxyl groups is 2. The van der Waals surface area contributed by atoms with Crippen LogP contribution in [-0.4, -0.2) is 54.7 Å². The molecule has 0 spiro atoms. The van der Waals surface area contributed by atoms with Gasteiger partial charge in [-0.1, -0.05) is 12.1 Å². The fraction of sp³-hybridized carbons (Fsp3) is 0.480. The number of tetrazole rings is 1. The van der Waals surface area contributed by atoms with E-state index in [0.717, 1.165) is 23.1 Å². The molecular formula is C25H23F7N4O3. The fourth-order valence-corrected chi connectivity index (χ4v) is 5.74. The molecule has 7 nitrogen and oxygen atoms in total. The number of alkyl halides is 5. The summed E-state index contributed by atoms with van der Waals surface area (Å²) in [6.45, 7) is -1.34. The summed E-state index contributed by atoms with van der Waals surface area (Å²) in [5.74, 6) is -6.18. The van der Waals surface area contributed by atoms with Crippen LogP contribution in [0.5, 0.6) is 5.75 Å². The summed E-state index contributed by atoms with van der Waals surface area (Å²) in [6, 6.07) is 7.83. The van der Waals surface area contributed by atoms with Gasteiger partial charge in [-0.05, 0) is 71.9 Å². The summed E-state index contributed by atoms with van der Waals surface area (Å²) in [6.07, 6.45) is -4.07. The molecule has 3 aliphatic rings. The van der Waals surface area contributed by atoms with E-state index in [1.807, 2.05) is 0 Å². The number of hydrogen-bond acceptors (Lipinski definition) is 6. The molecule has 2 aromatic carbocycles. The molecule has 0 saturated heterocycles. The summed E-state index contributed by atoms with van der Waals surface area (Å²) in [5, 5.41) is 31.2. The van der Waals surface area contributed by atoms with Crippen LogP contribution in [0.1, 0.15) is 37.3 Å². The monoisotopic (exact) mass is 560 g/mol. The third-order valence-corrected chi connectivity index (χ3v) is 7.97. The molecule has 1 aromatic heterocycles. The Morgan fingerprint density at radius 3 is 2.15 bits per heavy atom. The molecule has 0 aliphatic heterocycles. The SMILES string of the molecule is C[C@@](O)(COc1ccc(C23CC(C(F)(F)[C@](O)(Cn4cnnn4)c4ccc(F)cc4F)(C2)C3)cc1)C(F)(F)F. The van der Waals surface area contributed by atoms with Crippen molar-refractivity contribution in [2.45, 2.75) is 61.4 Å². The highest BCUT2D eigenvalue weighted by Crippen LogP contribution is 2.80. The molecule has 2 N–H and O–H groups in total. The Morgan fingerprint density at radius 2 is 1.62 bits per heavy atom. The minimum absolute atomic E-state index is 0.0533. The Morgan fingerprint density at radius 1 is 0.974 bits per heavy atom. The lowest BCUT2D eigenvalue weighted by atomic mass is 9.30. The lowest BCUT2D eigenvalue weighted by Crippen LogP contribution is -2.76. The van der Waals surface area contributed by atoms with E-state index in [-0.39, 0.29) is 25.0 Å². The summed E-state index contributed by atoms with van der Waals surface area (Å²) in [5.41, 5.74) is -8.68. The van der Waals surface area contributed by atoms with Gasteiger partial charge in [-0.25, -0.2) is 22.2 Å². The van der Waals surface area contributed by atoms with Crippen LogP contribution in [0.2, 0.25) is 0 Å². The van der Waals surface area contributed by atoms with E-state index < -0.39 is 64.5 Å². The predicted octanol–water partition coefficient (Wildman–Crippen LogP) is 4.29. The first kappa shape index (κ1) is 27.3. The smallest absolute Gasteiger partial charge is 0.420 e. The van der Waals surface area contributed by atoms with E-state index in [0.29, 0.717) is 18.6 Å². The number of nitrogens with zero attached hydrogens (tertiary/aromatic N) is 4. The molecule has 3 saturated carbocycles. The van der Waals surface area contributed by atoms with Gasteiger partial charge in [0.2, 0.25) is 0 Å². The van der Waals surface area contributed by atoms with Crippen molar-refractivity contribution in [2.24, 2.45) is 5.41 Å². The van der Waals surface area contributed by atoms with Crippen LogP contribution in [0.15, 0.2) is 48.8 Å². The van der Waals surface area contributed by atoms with Crippen molar-refractivity contribution in [1.82, 2.24) is 20.2 Å². The lowest BCUT2D eigenvalue weighted by molar-refractivity contribution is -0.347. The maximum atomic E-state index is 16.2. The van der Waals surface area contributed by atoms with Gasteiger partial charge in [0.15, 0.2) is 11.2 Å². The molecule has 0 unspecified atom stereocenters. The largest absolute Gasteiger partial charge is 0.490 e. The van der Waals surface area contributed by atoms with Gasteiger partial charge in [0.1, 0.15) is 30.3 Å². The Labute approximate surface area is 217 Å². The first-order chi connectivity index (χ1) is 18.0. The molecule has 3 aromatic rings. The summed E-state index contributed by atoms with van der Waals surface area (Å²) in [7, 11) is 0. The van der Waals surface area contributed by atoms with Crippen LogP contribution in [0, 0.1) is 17.0 Å².